The summed E-state index contributed by atoms with van der Waals surface area (Å²) < 4.78 is 15.7. The van der Waals surface area contributed by atoms with Crippen molar-refractivity contribution in [3.05, 3.63) is 94.0 Å². The van der Waals surface area contributed by atoms with E-state index >= 15 is 0 Å². The molecule has 3 amide bonds. The Morgan fingerprint density at radius 1 is 1.12 bits per heavy atom. The van der Waals surface area contributed by atoms with Gasteiger partial charge in [-0.25, -0.2) is 9.59 Å². The Kier molecular flexibility index (Phi) is 6.46. The Labute approximate surface area is 194 Å². The topological polar surface area (TPSA) is 98.1 Å². The highest BCUT2D eigenvalue weighted by molar-refractivity contribution is 6.30. The number of ether oxygens (including phenoxy) is 2. The summed E-state index contributed by atoms with van der Waals surface area (Å²) in [7, 11) is 1.23. The van der Waals surface area contributed by atoms with Crippen molar-refractivity contribution in [2.75, 3.05) is 7.11 Å². The van der Waals surface area contributed by atoms with Gasteiger partial charge in [-0.1, -0.05) is 35.9 Å². The van der Waals surface area contributed by atoms with Crippen molar-refractivity contribution in [3.63, 3.8) is 0 Å². The first kappa shape index (κ1) is 22.2. The molecule has 0 atom stereocenters. The lowest BCUT2D eigenvalue weighted by Crippen LogP contribution is -2.30. The lowest BCUT2D eigenvalue weighted by Gasteiger charge is -2.09. The quantitative estimate of drug-likeness (QED) is 0.315. The average Bonchev–Trinajstić information content (AvgIpc) is 3.39. The lowest BCUT2D eigenvalue weighted by molar-refractivity contribution is -0.123. The van der Waals surface area contributed by atoms with E-state index in [1.807, 2.05) is 12.1 Å². The van der Waals surface area contributed by atoms with Gasteiger partial charge in [0.1, 0.15) is 23.8 Å². The standard InChI is InChI=1S/C24H19ClN2O6/c1-31-23(29)21-10-9-19(33-21)13-27-22(28)20(26-24(27)30)12-16-3-2-4-18(11-16)32-14-15-5-7-17(25)8-6-15/h2-12H,13-14H2,1H3,(H,26,30). The largest absolute Gasteiger partial charge is 0.489 e. The Bertz CT molecular complexity index is 1230. The van der Waals surface area contributed by atoms with E-state index in [0.717, 1.165) is 10.5 Å². The molecule has 0 unspecified atom stereocenters. The summed E-state index contributed by atoms with van der Waals surface area (Å²) in [6.45, 7) is 0.237. The third-order valence-electron chi connectivity index (χ3n) is 4.81. The van der Waals surface area contributed by atoms with Crippen LogP contribution in [0.25, 0.3) is 6.08 Å². The number of hydrogen-bond acceptors (Lipinski definition) is 6. The number of methoxy groups -OCH3 is 1. The Balaban J connectivity index is 1.43. The second kappa shape index (κ2) is 9.62. The number of nitrogens with zero attached hydrogens (tertiary/aromatic N) is 1. The minimum Gasteiger partial charge on any atom is -0.489 e. The molecule has 3 aromatic rings. The van der Waals surface area contributed by atoms with Crippen LogP contribution in [0.4, 0.5) is 4.79 Å². The van der Waals surface area contributed by atoms with Gasteiger partial charge in [0.25, 0.3) is 5.91 Å². The van der Waals surface area contributed by atoms with Crippen LogP contribution in [0.5, 0.6) is 5.75 Å². The van der Waals surface area contributed by atoms with E-state index in [-0.39, 0.29) is 23.8 Å². The number of urea groups is 1. The van der Waals surface area contributed by atoms with Crippen LogP contribution in [0.15, 0.2) is 70.8 Å². The maximum atomic E-state index is 12.7. The number of furan rings is 1. The molecule has 0 bridgehead atoms. The SMILES string of the molecule is COC(=O)c1ccc(CN2C(=O)NC(=Cc3cccc(OCc4ccc(Cl)cc4)c3)C2=O)o1. The highest BCUT2D eigenvalue weighted by Gasteiger charge is 2.34. The fourth-order valence-corrected chi connectivity index (χ4v) is 3.28. The summed E-state index contributed by atoms with van der Waals surface area (Å²) >= 11 is 5.90. The van der Waals surface area contributed by atoms with Crippen LogP contribution in [-0.4, -0.2) is 29.9 Å². The second-order valence-electron chi connectivity index (χ2n) is 7.12. The number of hydrogen-bond donors (Lipinski definition) is 1. The second-order valence-corrected chi connectivity index (χ2v) is 7.56. The highest BCUT2D eigenvalue weighted by atomic mass is 35.5. The molecule has 0 radical (unpaired) electrons. The van der Waals surface area contributed by atoms with Crippen molar-refractivity contribution in [1.82, 2.24) is 10.2 Å². The minimum absolute atomic E-state index is 0.00858. The van der Waals surface area contributed by atoms with E-state index in [9.17, 15) is 14.4 Å². The predicted octanol–water partition coefficient (Wildman–Crippen LogP) is 4.39. The molecule has 1 aliphatic rings. The fraction of sp³-hybridized carbons (Fsp3) is 0.125. The van der Waals surface area contributed by atoms with Crippen molar-refractivity contribution in [2.45, 2.75) is 13.2 Å². The van der Waals surface area contributed by atoms with E-state index in [4.69, 9.17) is 20.8 Å². The Hall–Kier alpha value is -4.04. The van der Waals surface area contributed by atoms with Gasteiger partial charge in [-0.3, -0.25) is 9.69 Å². The number of carbonyl (C=O) groups excluding carboxylic acids is 3. The van der Waals surface area contributed by atoms with E-state index in [0.29, 0.717) is 22.9 Å². The smallest absolute Gasteiger partial charge is 0.373 e. The third kappa shape index (κ3) is 5.24. The third-order valence-corrected chi connectivity index (χ3v) is 5.06. The molecule has 1 saturated heterocycles. The van der Waals surface area contributed by atoms with Crippen molar-refractivity contribution in [3.8, 4) is 5.75 Å². The minimum atomic E-state index is -0.641. The molecule has 8 nitrogen and oxygen atoms in total. The van der Waals surface area contributed by atoms with Crippen LogP contribution in [0.1, 0.15) is 27.4 Å². The van der Waals surface area contributed by atoms with Gasteiger partial charge in [-0.2, -0.15) is 0 Å². The first-order valence-corrected chi connectivity index (χ1v) is 10.3. The molecular weight excluding hydrogens is 448 g/mol. The summed E-state index contributed by atoms with van der Waals surface area (Å²) in [4.78, 5) is 37.6. The molecule has 1 N–H and O–H groups in total. The van der Waals surface area contributed by atoms with Gasteiger partial charge in [0.2, 0.25) is 5.76 Å². The molecule has 0 spiro atoms. The highest BCUT2D eigenvalue weighted by Crippen LogP contribution is 2.21. The number of benzene rings is 2. The number of amides is 3. The van der Waals surface area contributed by atoms with Crippen LogP contribution in [0, 0.1) is 0 Å². The van der Waals surface area contributed by atoms with E-state index < -0.39 is 17.9 Å². The molecule has 0 aliphatic carbocycles. The molecule has 2 aromatic carbocycles. The molecule has 1 fully saturated rings. The molecule has 0 saturated carbocycles. The van der Waals surface area contributed by atoms with E-state index in [1.54, 1.807) is 42.5 Å². The van der Waals surface area contributed by atoms with Crippen molar-refractivity contribution < 1.29 is 28.3 Å². The van der Waals surface area contributed by atoms with E-state index in [2.05, 4.69) is 10.1 Å². The van der Waals surface area contributed by atoms with Gasteiger partial charge in [0.05, 0.1) is 13.7 Å². The van der Waals surface area contributed by atoms with Crippen LogP contribution >= 0.6 is 11.6 Å². The summed E-state index contributed by atoms with van der Waals surface area (Å²) in [5.41, 5.74) is 1.76. The van der Waals surface area contributed by atoms with Gasteiger partial charge >= 0.3 is 12.0 Å². The molecule has 168 valence electrons. The molecular formula is C24H19ClN2O6. The average molecular weight is 467 g/mol. The molecule has 4 rings (SSSR count). The van der Waals surface area contributed by atoms with Crippen molar-refractivity contribution >= 4 is 35.6 Å². The molecule has 9 heteroatoms. The summed E-state index contributed by atoms with van der Waals surface area (Å²) in [5.74, 6) is -0.275. The maximum absolute atomic E-state index is 12.7. The summed E-state index contributed by atoms with van der Waals surface area (Å²) in [6, 6.07) is 16.8. The zero-order chi connectivity index (χ0) is 23.4. The zero-order valence-electron chi connectivity index (χ0n) is 17.5. The number of nitrogens with one attached hydrogen (secondary N) is 1. The first-order chi connectivity index (χ1) is 15.9. The van der Waals surface area contributed by atoms with Crippen LogP contribution < -0.4 is 10.1 Å². The summed E-state index contributed by atoms with van der Waals surface area (Å²) in [6.07, 6.45) is 1.57. The zero-order valence-corrected chi connectivity index (χ0v) is 18.3. The predicted molar refractivity (Wildman–Crippen MR) is 119 cm³/mol. The molecule has 2 heterocycles. The first-order valence-electron chi connectivity index (χ1n) is 9.92. The van der Waals surface area contributed by atoms with Gasteiger partial charge in [-0.05, 0) is 53.6 Å². The Morgan fingerprint density at radius 3 is 2.67 bits per heavy atom. The fourth-order valence-electron chi connectivity index (χ4n) is 3.15. The number of rotatable bonds is 7. The van der Waals surface area contributed by atoms with Gasteiger partial charge in [-0.15, -0.1) is 0 Å². The Morgan fingerprint density at radius 2 is 1.91 bits per heavy atom. The number of esters is 1. The van der Waals surface area contributed by atoms with Crippen molar-refractivity contribution in [2.24, 2.45) is 0 Å². The lowest BCUT2D eigenvalue weighted by atomic mass is 10.1. The van der Waals surface area contributed by atoms with E-state index in [1.165, 1.54) is 19.2 Å². The van der Waals surface area contributed by atoms with Gasteiger partial charge in [0.15, 0.2) is 0 Å². The van der Waals surface area contributed by atoms with Gasteiger partial charge < -0.3 is 19.2 Å². The van der Waals surface area contributed by atoms with Gasteiger partial charge in [0, 0.05) is 5.02 Å². The normalized spacial score (nSPS) is 14.5. The van der Waals surface area contributed by atoms with Crippen LogP contribution in [-0.2, 0) is 22.7 Å². The van der Waals surface area contributed by atoms with Crippen LogP contribution in [0.2, 0.25) is 5.02 Å². The van der Waals surface area contributed by atoms with Crippen molar-refractivity contribution in [1.29, 1.82) is 0 Å². The number of carbonyl (C=O) groups is 3. The molecule has 33 heavy (non-hydrogen) atoms. The number of imide groups is 1. The van der Waals surface area contributed by atoms with Crippen LogP contribution in [0.3, 0.4) is 0 Å². The summed E-state index contributed by atoms with van der Waals surface area (Å²) in [5, 5.41) is 3.21. The molecule has 1 aromatic heterocycles. The maximum Gasteiger partial charge on any atom is 0.373 e. The monoisotopic (exact) mass is 466 g/mol. The molecule has 1 aliphatic heterocycles. The number of halogens is 1.